The van der Waals surface area contributed by atoms with Crippen LogP contribution in [-0.2, 0) is 0 Å². The second-order valence-electron chi connectivity index (χ2n) is 4.69. The number of benzene rings is 1. The van der Waals surface area contributed by atoms with Crippen LogP contribution in [0.4, 0.5) is 0 Å². The Morgan fingerprint density at radius 3 is 3.06 bits per heavy atom. The summed E-state index contributed by atoms with van der Waals surface area (Å²) in [6, 6.07) is 5.56. The molecule has 0 atom stereocenters. The third-order valence-electron chi connectivity index (χ3n) is 3.12. The third kappa shape index (κ3) is 1.56. The number of nitrogens with zero attached hydrogens (tertiary/aromatic N) is 1. The maximum absolute atomic E-state index is 11.9. The lowest BCUT2D eigenvalue weighted by Gasteiger charge is -2.11. The average Bonchev–Trinajstić information content (AvgIpc) is 2.82. The second kappa shape index (κ2) is 3.07. The van der Waals surface area contributed by atoms with E-state index in [2.05, 4.69) is 22.4 Å². The van der Waals surface area contributed by atoms with Gasteiger partial charge in [-0.05, 0) is 38.0 Å². The number of amides is 1. The van der Waals surface area contributed by atoms with E-state index in [0.717, 1.165) is 23.7 Å². The van der Waals surface area contributed by atoms with Crippen molar-refractivity contribution in [2.24, 2.45) is 0 Å². The van der Waals surface area contributed by atoms with Gasteiger partial charge in [0, 0.05) is 16.5 Å². The average molecular weight is 215 g/mol. The zero-order valence-corrected chi connectivity index (χ0v) is 9.08. The maximum atomic E-state index is 11.9. The minimum absolute atomic E-state index is 0.00287. The Labute approximate surface area is 93.0 Å². The zero-order chi connectivity index (χ0) is 11.2. The molecule has 0 saturated heterocycles. The van der Waals surface area contributed by atoms with Gasteiger partial charge in [-0.15, -0.1) is 0 Å². The number of fused-ring (bicyclic) bond motifs is 1. The number of hydrogen-bond acceptors (Lipinski definition) is 2. The zero-order valence-electron chi connectivity index (χ0n) is 9.08. The van der Waals surface area contributed by atoms with Gasteiger partial charge in [0.25, 0.3) is 5.91 Å². The van der Waals surface area contributed by atoms with Crippen LogP contribution in [0.1, 0.15) is 30.1 Å². The molecule has 82 valence electrons. The molecule has 2 aromatic rings. The highest BCUT2D eigenvalue weighted by molar-refractivity contribution is 5.98. The number of aromatic amines is 1. The molecule has 1 fully saturated rings. The number of rotatable bonds is 2. The van der Waals surface area contributed by atoms with Crippen molar-refractivity contribution in [2.45, 2.75) is 25.3 Å². The minimum Gasteiger partial charge on any atom is -0.347 e. The Kier molecular flexibility index (Phi) is 1.80. The van der Waals surface area contributed by atoms with Crippen molar-refractivity contribution in [3.05, 3.63) is 30.0 Å². The van der Waals surface area contributed by atoms with E-state index in [1.165, 1.54) is 0 Å². The molecule has 3 rings (SSSR count). The maximum Gasteiger partial charge on any atom is 0.251 e. The van der Waals surface area contributed by atoms with Crippen molar-refractivity contribution in [3.8, 4) is 0 Å². The van der Waals surface area contributed by atoms with Crippen LogP contribution in [0, 0.1) is 0 Å². The SMILES string of the molecule is CC1(NC(=O)c2ccc3[nH]ncc3c2)CC1. The van der Waals surface area contributed by atoms with Crippen LogP contribution >= 0.6 is 0 Å². The van der Waals surface area contributed by atoms with Gasteiger partial charge in [-0.25, -0.2) is 0 Å². The molecule has 4 heteroatoms. The first-order chi connectivity index (χ1) is 7.66. The van der Waals surface area contributed by atoms with Gasteiger partial charge in [0.2, 0.25) is 0 Å². The second-order valence-corrected chi connectivity index (χ2v) is 4.69. The lowest BCUT2D eigenvalue weighted by atomic mass is 10.1. The van der Waals surface area contributed by atoms with Crippen LogP contribution in [0.5, 0.6) is 0 Å². The first kappa shape index (κ1) is 9.39. The molecule has 16 heavy (non-hydrogen) atoms. The number of aromatic nitrogens is 2. The number of H-pyrrole nitrogens is 1. The largest absolute Gasteiger partial charge is 0.347 e. The minimum atomic E-state index is 0.00287. The standard InChI is InChI=1S/C12H13N3O/c1-12(4-5-12)14-11(16)8-2-3-10-9(6-8)7-13-15-10/h2-3,6-7H,4-5H2,1H3,(H,13,15)(H,14,16). The molecule has 0 unspecified atom stereocenters. The summed E-state index contributed by atoms with van der Waals surface area (Å²) in [5, 5.41) is 10.8. The Hall–Kier alpha value is -1.84. The van der Waals surface area contributed by atoms with Crippen LogP contribution < -0.4 is 5.32 Å². The Bertz CT molecular complexity index is 554. The van der Waals surface area contributed by atoms with Crippen molar-refractivity contribution in [1.29, 1.82) is 0 Å². The van der Waals surface area contributed by atoms with E-state index >= 15 is 0 Å². The van der Waals surface area contributed by atoms with E-state index < -0.39 is 0 Å². The van der Waals surface area contributed by atoms with Crippen molar-refractivity contribution < 1.29 is 4.79 Å². The summed E-state index contributed by atoms with van der Waals surface area (Å²) in [5.41, 5.74) is 1.68. The fourth-order valence-corrected chi connectivity index (χ4v) is 1.74. The summed E-state index contributed by atoms with van der Waals surface area (Å²) in [6.45, 7) is 2.07. The van der Waals surface area contributed by atoms with Crippen molar-refractivity contribution >= 4 is 16.8 Å². The van der Waals surface area contributed by atoms with Crippen molar-refractivity contribution in [3.63, 3.8) is 0 Å². The number of nitrogens with one attached hydrogen (secondary N) is 2. The summed E-state index contributed by atoms with van der Waals surface area (Å²) >= 11 is 0. The fraction of sp³-hybridized carbons (Fsp3) is 0.333. The normalized spacial score (nSPS) is 17.3. The van der Waals surface area contributed by atoms with Gasteiger partial charge in [-0.1, -0.05) is 0 Å². The summed E-state index contributed by atoms with van der Waals surface area (Å²) in [6.07, 6.45) is 3.88. The summed E-state index contributed by atoms with van der Waals surface area (Å²) in [4.78, 5) is 11.9. The lowest BCUT2D eigenvalue weighted by Crippen LogP contribution is -2.34. The highest BCUT2D eigenvalue weighted by atomic mass is 16.1. The van der Waals surface area contributed by atoms with E-state index in [-0.39, 0.29) is 11.4 Å². The molecule has 2 N–H and O–H groups in total. The van der Waals surface area contributed by atoms with Crippen LogP contribution in [0.25, 0.3) is 10.9 Å². The van der Waals surface area contributed by atoms with Crippen LogP contribution in [0.2, 0.25) is 0 Å². The molecule has 4 nitrogen and oxygen atoms in total. The van der Waals surface area contributed by atoms with E-state index in [1.54, 1.807) is 6.20 Å². The molecule has 1 aliphatic carbocycles. The molecule has 0 spiro atoms. The molecular weight excluding hydrogens is 202 g/mol. The van der Waals surface area contributed by atoms with Gasteiger partial charge in [0.15, 0.2) is 0 Å². The van der Waals surface area contributed by atoms with Gasteiger partial charge in [0.1, 0.15) is 0 Å². The predicted molar refractivity (Wildman–Crippen MR) is 61.2 cm³/mol. The number of hydrogen-bond donors (Lipinski definition) is 2. The predicted octanol–water partition coefficient (Wildman–Crippen LogP) is 1.85. The molecule has 0 radical (unpaired) electrons. The number of carbonyl (C=O) groups excluding carboxylic acids is 1. The smallest absolute Gasteiger partial charge is 0.251 e. The lowest BCUT2D eigenvalue weighted by molar-refractivity contribution is 0.0935. The molecule has 1 heterocycles. The van der Waals surface area contributed by atoms with Crippen molar-refractivity contribution in [2.75, 3.05) is 0 Å². The molecule has 1 aromatic heterocycles. The first-order valence-electron chi connectivity index (χ1n) is 5.42. The molecule has 0 aliphatic heterocycles. The van der Waals surface area contributed by atoms with Crippen LogP contribution in [0.3, 0.4) is 0 Å². The van der Waals surface area contributed by atoms with Gasteiger partial charge < -0.3 is 5.32 Å². The highest BCUT2D eigenvalue weighted by Gasteiger charge is 2.38. The topological polar surface area (TPSA) is 57.8 Å². The van der Waals surface area contributed by atoms with Gasteiger partial charge in [-0.3, -0.25) is 9.89 Å². The summed E-state index contributed by atoms with van der Waals surface area (Å²) < 4.78 is 0. The Morgan fingerprint density at radius 2 is 2.31 bits per heavy atom. The highest BCUT2D eigenvalue weighted by Crippen LogP contribution is 2.34. The fourth-order valence-electron chi connectivity index (χ4n) is 1.74. The molecular formula is C12H13N3O. The van der Waals surface area contributed by atoms with Gasteiger partial charge in [-0.2, -0.15) is 5.10 Å². The van der Waals surface area contributed by atoms with E-state index in [0.29, 0.717) is 5.56 Å². The van der Waals surface area contributed by atoms with E-state index in [4.69, 9.17) is 0 Å². The van der Waals surface area contributed by atoms with Crippen LogP contribution in [-0.4, -0.2) is 21.6 Å². The molecule has 1 saturated carbocycles. The molecule has 1 amide bonds. The quantitative estimate of drug-likeness (QED) is 0.803. The summed E-state index contributed by atoms with van der Waals surface area (Å²) in [7, 11) is 0. The van der Waals surface area contributed by atoms with E-state index in [9.17, 15) is 4.79 Å². The number of carbonyl (C=O) groups is 1. The Balaban J connectivity index is 1.89. The first-order valence-corrected chi connectivity index (χ1v) is 5.42. The monoisotopic (exact) mass is 215 g/mol. The van der Waals surface area contributed by atoms with Crippen LogP contribution in [0.15, 0.2) is 24.4 Å². The van der Waals surface area contributed by atoms with Crippen molar-refractivity contribution in [1.82, 2.24) is 15.5 Å². The van der Waals surface area contributed by atoms with Gasteiger partial charge >= 0.3 is 0 Å². The third-order valence-corrected chi connectivity index (χ3v) is 3.12. The molecule has 1 aromatic carbocycles. The molecule has 1 aliphatic rings. The summed E-state index contributed by atoms with van der Waals surface area (Å²) in [5.74, 6) is 0.00287. The molecule has 0 bridgehead atoms. The van der Waals surface area contributed by atoms with E-state index in [1.807, 2.05) is 18.2 Å². The Morgan fingerprint density at radius 1 is 1.50 bits per heavy atom. The van der Waals surface area contributed by atoms with Gasteiger partial charge in [0.05, 0.1) is 11.7 Å².